The maximum atomic E-state index is 6.08. The van der Waals surface area contributed by atoms with Gasteiger partial charge in [0.2, 0.25) is 5.96 Å². The monoisotopic (exact) mass is 461 g/mol. The number of para-hydroxylation sites is 2. The van der Waals surface area contributed by atoms with Gasteiger partial charge >= 0.3 is 0 Å². The highest BCUT2D eigenvalue weighted by Crippen LogP contribution is 2.22. The van der Waals surface area contributed by atoms with Crippen LogP contribution in [0.3, 0.4) is 0 Å². The molecule has 180 valence electrons. The fourth-order valence-corrected chi connectivity index (χ4v) is 4.33. The third-order valence-electron chi connectivity index (χ3n) is 6.15. The summed E-state index contributed by atoms with van der Waals surface area (Å²) in [5, 5.41) is 19.8. The minimum absolute atomic E-state index is 0.151. The molecule has 9 nitrogen and oxygen atoms in total. The molecule has 0 radical (unpaired) electrons. The van der Waals surface area contributed by atoms with Crippen LogP contribution in [0.1, 0.15) is 25.0 Å². The van der Waals surface area contributed by atoms with Crippen LogP contribution >= 0.6 is 0 Å². The molecule has 0 aliphatic carbocycles. The molecule has 0 atom stereocenters. The van der Waals surface area contributed by atoms with E-state index in [9.17, 15) is 0 Å². The Morgan fingerprint density at radius 3 is 1.74 bits per heavy atom. The number of nitrogens with zero attached hydrogens (tertiary/aromatic N) is 5. The zero-order valence-corrected chi connectivity index (χ0v) is 20.1. The van der Waals surface area contributed by atoms with Gasteiger partial charge < -0.3 is 26.2 Å². The topological polar surface area (TPSA) is 106 Å². The van der Waals surface area contributed by atoms with Crippen molar-refractivity contribution in [1.29, 1.82) is 0 Å². The molecule has 9 heteroatoms. The molecule has 2 aliphatic heterocycles. The summed E-state index contributed by atoms with van der Waals surface area (Å²) in [6, 6.07) is 16.6. The largest absolute Gasteiger partial charge is 0.368 e. The number of hydrogen-bond donors (Lipinski definition) is 4. The molecule has 5 N–H and O–H groups in total. The maximum Gasteiger partial charge on any atom is 0.234 e. The summed E-state index contributed by atoms with van der Waals surface area (Å²) in [7, 11) is 0. The highest BCUT2D eigenvalue weighted by molar-refractivity contribution is 6.05. The van der Waals surface area contributed by atoms with Crippen LogP contribution in [0.25, 0.3) is 0 Å². The minimum Gasteiger partial charge on any atom is -0.368 e. The number of hydrazone groups is 1. The van der Waals surface area contributed by atoms with Crippen LogP contribution in [0.2, 0.25) is 0 Å². The van der Waals surface area contributed by atoms with Crippen molar-refractivity contribution in [3.05, 3.63) is 59.7 Å². The number of anilines is 2. The fraction of sp³-hybridized carbons (Fsp3) is 0.400. The summed E-state index contributed by atoms with van der Waals surface area (Å²) in [4.78, 5) is 4.76. The molecular weight excluding hydrogens is 426 g/mol. The van der Waals surface area contributed by atoms with Crippen LogP contribution in [0.4, 0.5) is 11.4 Å². The number of nitrogens with two attached hydrogens (primary N) is 1. The van der Waals surface area contributed by atoms with E-state index in [-0.39, 0.29) is 5.96 Å². The summed E-state index contributed by atoms with van der Waals surface area (Å²) in [5.74, 6) is 0.151. The molecule has 0 unspecified atom stereocenters. The van der Waals surface area contributed by atoms with Gasteiger partial charge in [-0.15, -0.1) is 5.10 Å². The molecule has 0 aromatic heterocycles. The van der Waals surface area contributed by atoms with E-state index in [1.165, 1.54) is 11.4 Å². The number of guanidine groups is 1. The summed E-state index contributed by atoms with van der Waals surface area (Å²) in [6.07, 6.45) is 0. The van der Waals surface area contributed by atoms with Gasteiger partial charge in [-0.05, 0) is 26.0 Å². The lowest BCUT2D eigenvalue weighted by atomic mass is 10.1. The predicted molar refractivity (Wildman–Crippen MR) is 142 cm³/mol. The Labute approximate surface area is 201 Å². The van der Waals surface area contributed by atoms with Crippen molar-refractivity contribution in [2.45, 2.75) is 13.8 Å². The first kappa shape index (κ1) is 23.7. The van der Waals surface area contributed by atoms with Crippen molar-refractivity contribution in [2.75, 3.05) is 62.2 Å². The molecule has 0 spiro atoms. The van der Waals surface area contributed by atoms with E-state index in [0.29, 0.717) is 0 Å². The summed E-state index contributed by atoms with van der Waals surface area (Å²) < 4.78 is 0. The molecule has 2 aromatic carbocycles. The average Bonchev–Trinajstić information content (AvgIpc) is 2.91. The Morgan fingerprint density at radius 2 is 1.21 bits per heavy atom. The summed E-state index contributed by atoms with van der Waals surface area (Å²) >= 11 is 0. The number of nitrogens with one attached hydrogen (secondary N) is 3. The second kappa shape index (κ2) is 11.6. The van der Waals surface area contributed by atoms with Crippen molar-refractivity contribution in [1.82, 2.24) is 16.1 Å². The lowest BCUT2D eigenvalue weighted by molar-refractivity contribution is 0.589. The first-order valence-electron chi connectivity index (χ1n) is 11.9. The highest BCUT2D eigenvalue weighted by Gasteiger charge is 2.16. The van der Waals surface area contributed by atoms with Gasteiger partial charge in [-0.3, -0.25) is 0 Å². The molecule has 0 amide bonds. The van der Waals surface area contributed by atoms with Gasteiger partial charge in [0.25, 0.3) is 0 Å². The molecule has 2 heterocycles. The maximum absolute atomic E-state index is 6.08. The Morgan fingerprint density at radius 1 is 0.735 bits per heavy atom. The van der Waals surface area contributed by atoms with E-state index in [0.717, 1.165) is 74.9 Å². The van der Waals surface area contributed by atoms with Crippen LogP contribution in [0.15, 0.2) is 63.8 Å². The fourth-order valence-electron chi connectivity index (χ4n) is 4.33. The van der Waals surface area contributed by atoms with Gasteiger partial charge in [0.05, 0.1) is 11.4 Å². The average molecular weight is 462 g/mol. The first-order chi connectivity index (χ1) is 16.6. The highest BCUT2D eigenvalue weighted by atomic mass is 15.4. The number of piperazine rings is 2. The van der Waals surface area contributed by atoms with Crippen LogP contribution in [0, 0.1) is 0 Å². The molecule has 4 rings (SSSR count). The third-order valence-corrected chi connectivity index (χ3v) is 6.15. The smallest absolute Gasteiger partial charge is 0.234 e. The SMILES string of the molecule is CC(=NN=C(N)NN=C(C)c1ccccc1N1CCNCC1)c1ccccc1N1CCNCC1. The Balaban J connectivity index is 1.46. The number of benzene rings is 2. The van der Waals surface area contributed by atoms with Gasteiger partial charge in [0.1, 0.15) is 0 Å². The standard InChI is InChI=1S/C25H35N9/c1-19(21-7-3-5-9-23(21)33-15-11-27-12-16-33)29-31-25(26)32-30-20(2)22-8-4-6-10-24(22)34-17-13-28-14-18-34/h3-10,27-28H,11-18H2,1-2H3,(H3,26,31,32). The molecule has 0 bridgehead atoms. The van der Waals surface area contributed by atoms with Crippen molar-refractivity contribution < 1.29 is 0 Å². The van der Waals surface area contributed by atoms with E-state index in [1.807, 2.05) is 26.0 Å². The van der Waals surface area contributed by atoms with E-state index >= 15 is 0 Å². The predicted octanol–water partition coefficient (Wildman–Crippen LogP) is 1.56. The molecule has 0 saturated carbocycles. The van der Waals surface area contributed by atoms with Gasteiger partial charge in [-0.25, -0.2) is 5.43 Å². The van der Waals surface area contributed by atoms with Crippen molar-refractivity contribution in [3.63, 3.8) is 0 Å². The van der Waals surface area contributed by atoms with E-state index in [4.69, 9.17) is 5.73 Å². The molecular formula is C25H35N9. The van der Waals surface area contributed by atoms with Crippen molar-refractivity contribution >= 4 is 28.8 Å². The van der Waals surface area contributed by atoms with Gasteiger partial charge in [-0.2, -0.15) is 10.2 Å². The van der Waals surface area contributed by atoms with E-state index < -0.39 is 0 Å². The summed E-state index contributed by atoms with van der Waals surface area (Å²) in [5.41, 5.74) is 15.1. The summed E-state index contributed by atoms with van der Waals surface area (Å²) in [6.45, 7) is 11.8. The van der Waals surface area contributed by atoms with Gasteiger partial charge in [-0.1, -0.05) is 36.4 Å². The molecule has 34 heavy (non-hydrogen) atoms. The zero-order chi connectivity index (χ0) is 23.8. The second-order valence-electron chi connectivity index (χ2n) is 8.49. The molecule has 2 saturated heterocycles. The van der Waals surface area contributed by atoms with Crippen molar-refractivity contribution in [3.8, 4) is 0 Å². The lowest BCUT2D eigenvalue weighted by Crippen LogP contribution is -2.44. The lowest BCUT2D eigenvalue weighted by Gasteiger charge is -2.31. The van der Waals surface area contributed by atoms with Gasteiger partial charge in [0, 0.05) is 74.9 Å². The Bertz CT molecular complexity index is 1050. The van der Waals surface area contributed by atoms with Crippen LogP contribution in [-0.2, 0) is 0 Å². The third kappa shape index (κ3) is 5.92. The molecule has 2 aromatic rings. The normalized spacial score (nSPS) is 18.2. The van der Waals surface area contributed by atoms with Crippen LogP contribution < -0.4 is 31.6 Å². The minimum atomic E-state index is 0.151. The van der Waals surface area contributed by atoms with Crippen molar-refractivity contribution in [2.24, 2.45) is 21.0 Å². The molecule has 2 aliphatic rings. The molecule has 2 fully saturated rings. The number of rotatable bonds is 6. The zero-order valence-electron chi connectivity index (χ0n) is 20.1. The first-order valence-corrected chi connectivity index (χ1v) is 11.9. The van der Waals surface area contributed by atoms with Crippen LogP contribution in [0.5, 0.6) is 0 Å². The Kier molecular flexibility index (Phi) is 8.11. The Hall–Kier alpha value is -3.43. The quantitative estimate of drug-likeness (QED) is 0.296. The van der Waals surface area contributed by atoms with E-state index in [1.54, 1.807) is 0 Å². The van der Waals surface area contributed by atoms with Crippen LogP contribution in [-0.4, -0.2) is 69.7 Å². The van der Waals surface area contributed by atoms with E-state index in [2.05, 4.69) is 77.6 Å². The number of hydrogen-bond acceptors (Lipinski definition) is 7. The van der Waals surface area contributed by atoms with Gasteiger partial charge in [0.15, 0.2) is 0 Å². The second-order valence-corrected chi connectivity index (χ2v) is 8.49.